The molecule has 1 amide bonds. The van der Waals surface area contributed by atoms with Crippen LogP contribution in [0.15, 0.2) is 59.4 Å². The molecule has 1 aromatic heterocycles. The first-order valence-electron chi connectivity index (χ1n) is 8.47. The van der Waals surface area contributed by atoms with Crippen LogP contribution in [0.1, 0.15) is 23.0 Å². The zero-order chi connectivity index (χ0) is 21.2. The number of para-hydroxylation sites is 1. The van der Waals surface area contributed by atoms with Crippen molar-refractivity contribution in [2.75, 3.05) is 5.32 Å². The number of esters is 1. The lowest BCUT2D eigenvalue weighted by Crippen LogP contribution is -2.31. The lowest BCUT2D eigenvalue weighted by molar-refractivity contribution is -0.137. The highest BCUT2D eigenvalue weighted by molar-refractivity contribution is 5.98. The first kappa shape index (κ1) is 20.1. The van der Waals surface area contributed by atoms with Gasteiger partial charge in [-0.3, -0.25) is 9.59 Å². The highest BCUT2D eigenvalue weighted by atomic mass is 19.4. The van der Waals surface area contributed by atoms with Crippen LogP contribution < -0.4 is 10.9 Å². The van der Waals surface area contributed by atoms with Crippen LogP contribution in [-0.4, -0.2) is 23.0 Å². The third kappa shape index (κ3) is 4.45. The van der Waals surface area contributed by atoms with Crippen molar-refractivity contribution in [2.24, 2.45) is 0 Å². The molecule has 0 saturated heterocycles. The van der Waals surface area contributed by atoms with E-state index in [9.17, 15) is 27.6 Å². The van der Waals surface area contributed by atoms with Gasteiger partial charge in [0.2, 0.25) is 0 Å². The van der Waals surface area contributed by atoms with Crippen LogP contribution in [0.4, 0.5) is 18.9 Å². The second kappa shape index (κ2) is 7.78. The summed E-state index contributed by atoms with van der Waals surface area (Å²) in [4.78, 5) is 38.9. The van der Waals surface area contributed by atoms with Crippen molar-refractivity contribution in [1.82, 2.24) is 4.98 Å². The Balaban J connectivity index is 1.75. The van der Waals surface area contributed by atoms with Crippen LogP contribution in [-0.2, 0) is 15.7 Å². The predicted molar refractivity (Wildman–Crippen MR) is 99.5 cm³/mol. The maximum absolute atomic E-state index is 13.0. The molecule has 2 N–H and O–H groups in total. The van der Waals surface area contributed by atoms with Crippen LogP contribution in [0.5, 0.6) is 0 Å². The number of ether oxygens (including phenoxy) is 1. The van der Waals surface area contributed by atoms with Gasteiger partial charge < -0.3 is 15.0 Å². The van der Waals surface area contributed by atoms with Gasteiger partial charge in [0.15, 0.2) is 6.10 Å². The summed E-state index contributed by atoms with van der Waals surface area (Å²) in [6.45, 7) is 1.21. The highest BCUT2D eigenvalue weighted by Gasteiger charge is 2.34. The molecule has 0 bridgehead atoms. The lowest BCUT2D eigenvalue weighted by atomic mass is 10.1. The molecule has 29 heavy (non-hydrogen) atoms. The Morgan fingerprint density at radius 3 is 2.45 bits per heavy atom. The molecule has 0 spiro atoms. The Kier molecular flexibility index (Phi) is 5.40. The largest absolute Gasteiger partial charge is 0.448 e. The number of carbonyl (C=O) groups excluding carboxylic acids is 2. The number of halogens is 3. The van der Waals surface area contributed by atoms with Crippen LogP contribution in [0.2, 0.25) is 0 Å². The number of benzene rings is 2. The minimum atomic E-state index is -4.66. The molecule has 0 fully saturated rings. The van der Waals surface area contributed by atoms with E-state index in [2.05, 4.69) is 10.3 Å². The second-order valence-electron chi connectivity index (χ2n) is 6.18. The molecular formula is C20H15F3N2O4. The fourth-order valence-electron chi connectivity index (χ4n) is 2.67. The normalized spacial score (nSPS) is 12.4. The number of alkyl halides is 3. The molecule has 3 rings (SSSR count). The Hall–Kier alpha value is -3.62. The molecule has 6 nitrogen and oxygen atoms in total. The summed E-state index contributed by atoms with van der Waals surface area (Å²) in [5, 5.41) is 2.98. The number of nitrogens with one attached hydrogen (secondary N) is 2. The highest BCUT2D eigenvalue weighted by Crippen LogP contribution is 2.34. The van der Waals surface area contributed by atoms with E-state index in [0.29, 0.717) is 10.8 Å². The van der Waals surface area contributed by atoms with Crippen LogP contribution in [0.25, 0.3) is 10.8 Å². The summed E-state index contributed by atoms with van der Waals surface area (Å²) >= 11 is 0. The van der Waals surface area contributed by atoms with Crippen molar-refractivity contribution in [3.8, 4) is 0 Å². The molecule has 150 valence electrons. The van der Waals surface area contributed by atoms with Gasteiger partial charge in [-0.25, -0.2) is 4.79 Å². The van der Waals surface area contributed by atoms with Crippen LogP contribution in [0, 0.1) is 0 Å². The molecule has 0 saturated carbocycles. The summed E-state index contributed by atoms with van der Waals surface area (Å²) in [6.07, 6.45) is -6.06. The quantitative estimate of drug-likeness (QED) is 0.649. The third-order valence-electron chi connectivity index (χ3n) is 4.12. The Morgan fingerprint density at radius 1 is 1.07 bits per heavy atom. The number of pyridine rings is 1. The summed E-state index contributed by atoms with van der Waals surface area (Å²) in [6, 6.07) is 12.4. The number of fused-ring (bicyclic) bond motifs is 1. The molecule has 0 aliphatic rings. The van der Waals surface area contributed by atoms with Gasteiger partial charge in [0.25, 0.3) is 11.5 Å². The van der Waals surface area contributed by atoms with E-state index in [1.165, 1.54) is 25.1 Å². The Bertz CT molecular complexity index is 1140. The van der Waals surface area contributed by atoms with E-state index in [0.717, 1.165) is 12.1 Å². The topological polar surface area (TPSA) is 88.3 Å². The smallest absolute Gasteiger partial charge is 0.418 e. The SMILES string of the molecule is C[C@@H](OC(=O)c1cc2ccccc2c(=O)[nH]1)C(=O)Nc1ccccc1C(F)(F)F. The number of anilines is 1. The third-order valence-corrected chi connectivity index (χ3v) is 4.12. The van der Waals surface area contributed by atoms with Crippen LogP contribution in [0.3, 0.4) is 0 Å². The molecule has 0 aliphatic carbocycles. The fourth-order valence-corrected chi connectivity index (χ4v) is 2.67. The van der Waals surface area contributed by atoms with Gasteiger partial charge >= 0.3 is 12.1 Å². The van der Waals surface area contributed by atoms with E-state index in [4.69, 9.17) is 4.74 Å². The van der Waals surface area contributed by atoms with Crippen molar-refractivity contribution >= 4 is 28.3 Å². The standard InChI is InChI=1S/C20H15F3N2O4/c1-11(17(26)24-15-9-5-4-8-14(15)20(21,22)23)29-19(28)16-10-12-6-2-3-7-13(12)18(27)25-16/h2-11H,1H3,(H,24,26)(H,25,27)/t11-/m1/s1. The van der Waals surface area contributed by atoms with Crippen molar-refractivity contribution in [3.63, 3.8) is 0 Å². The number of hydrogen-bond acceptors (Lipinski definition) is 4. The first-order chi connectivity index (χ1) is 13.7. The average Bonchev–Trinajstić information content (AvgIpc) is 2.67. The molecule has 3 aromatic rings. The molecule has 0 unspecified atom stereocenters. The molecule has 0 aliphatic heterocycles. The number of carbonyl (C=O) groups is 2. The maximum atomic E-state index is 13.0. The van der Waals surface area contributed by atoms with Crippen LogP contribution >= 0.6 is 0 Å². The number of amides is 1. The number of rotatable bonds is 4. The maximum Gasteiger partial charge on any atom is 0.418 e. The molecule has 0 radical (unpaired) electrons. The van der Waals surface area contributed by atoms with Crippen molar-refractivity contribution < 1.29 is 27.5 Å². The van der Waals surface area contributed by atoms with E-state index >= 15 is 0 Å². The summed E-state index contributed by atoms with van der Waals surface area (Å²) < 4.78 is 44.1. The van der Waals surface area contributed by atoms with Gasteiger partial charge in [-0.1, -0.05) is 30.3 Å². The summed E-state index contributed by atoms with van der Waals surface area (Å²) in [5.74, 6) is -1.93. The monoisotopic (exact) mass is 404 g/mol. The van der Waals surface area contributed by atoms with Gasteiger partial charge in [-0.05, 0) is 36.6 Å². The minimum absolute atomic E-state index is 0.177. The second-order valence-corrected chi connectivity index (χ2v) is 6.18. The van der Waals surface area contributed by atoms with E-state index in [-0.39, 0.29) is 5.69 Å². The average molecular weight is 404 g/mol. The van der Waals surface area contributed by atoms with E-state index in [1.807, 2.05) is 0 Å². The Morgan fingerprint density at radius 2 is 1.72 bits per heavy atom. The van der Waals surface area contributed by atoms with Gasteiger partial charge in [0, 0.05) is 5.39 Å². The fraction of sp³-hybridized carbons (Fsp3) is 0.150. The van der Waals surface area contributed by atoms with Crippen molar-refractivity contribution in [3.05, 3.63) is 76.2 Å². The number of aromatic nitrogens is 1. The van der Waals surface area contributed by atoms with Crippen molar-refractivity contribution in [2.45, 2.75) is 19.2 Å². The number of hydrogen-bond donors (Lipinski definition) is 2. The zero-order valence-corrected chi connectivity index (χ0v) is 15.0. The zero-order valence-electron chi connectivity index (χ0n) is 15.0. The molecule has 1 atom stereocenters. The molecular weight excluding hydrogens is 389 g/mol. The lowest BCUT2D eigenvalue weighted by Gasteiger charge is -2.16. The first-order valence-corrected chi connectivity index (χ1v) is 8.47. The van der Waals surface area contributed by atoms with Gasteiger partial charge in [-0.2, -0.15) is 13.2 Å². The van der Waals surface area contributed by atoms with E-state index < -0.39 is 41.0 Å². The van der Waals surface area contributed by atoms with Gasteiger partial charge in [0.05, 0.1) is 11.3 Å². The minimum Gasteiger partial charge on any atom is -0.448 e. The summed E-state index contributed by atoms with van der Waals surface area (Å²) in [5.41, 5.74) is -2.16. The molecule has 1 heterocycles. The number of H-pyrrole nitrogens is 1. The number of aromatic amines is 1. The van der Waals surface area contributed by atoms with Gasteiger partial charge in [0.1, 0.15) is 5.69 Å². The summed E-state index contributed by atoms with van der Waals surface area (Å²) in [7, 11) is 0. The molecule has 9 heteroatoms. The van der Waals surface area contributed by atoms with Gasteiger partial charge in [-0.15, -0.1) is 0 Å². The van der Waals surface area contributed by atoms with E-state index in [1.54, 1.807) is 24.3 Å². The molecule has 2 aromatic carbocycles. The van der Waals surface area contributed by atoms with Crippen molar-refractivity contribution in [1.29, 1.82) is 0 Å². The Labute approximate surface area is 162 Å². The predicted octanol–water partition coefficient (Wildman–Crippen LogP) is 3.73.